The molecule has 0 aliphatic heterocycles. The molecular formula is C7H5BrF3N. The fraction of sp³-hybridized carbons (Fsp3) is 0.286. The van der Waals surface area contributed by atoms with Crippen LogP contribution in [0.4, 0.5) is 13.2 Å². The summed E-state index contributed by atoms with van der Waals surface area (Å²) in [5, 5.41) is 0. The van der Waals surface area contributed by atoms with Gasteiger partial charge in [0.2, 0.25) is 0 Å². The summed E-state index contributed by atoms with van der Waals surface area (Å²) in [6.45, 7) is -0.748. The first-order valence-electron chi connectivity index (χ1n) is 3.14. The molecule has 1 nitrogen and oxygen atoms in total. The van der Waals surface area contributed by atoms with Crippen LogP contribution in [-0.4, -0.2) is 4.98 Å². The minimum Gasteiger partial charge on any atom is -0.244 e. The highest BCUT2D eigenvalue weighted by atomic mass is 79.9. The molecule has 0 bridgehead atoms. The van der Waals surface area contributed by atoms with Crippen molar-refractivity contribution >= 4 is 15.9 Å². The van der Waals surface area contributed by atoms with Crippen molar-refractivity contribution in [3.8, 4) is 0 Å². The van der Waals surface area contributed by atoms with Gasteiger partial charge in [-0.25, -0.2) is 18.2 Å². The van der Waals surface area contributed by atoms with Gasteiger partial charge in [-0.15, -0.1) is 0 Å². The lowest BCUT2D eigenvalue weighted by molar-refractivity contribution is 0.150. The zero-order chi connectivity index (χ0) is 9.14. The highest BCUT2D eigenvalue weighted by Crippen LogP contribution is 2.25. The Kier molecular flexibility index (Phi) is 3.08. The summed E-state index contributed by atoms with van der Waals surface area (Å²) >= 11 is 2.83. The van der Waals surface area contributed by atoms with E-state index in [1.165, 1.54) is 6.07 Å². The zero-order valence-electron chi connectivity index (χ0n) is 5.90. The molecule has 0 aromatic carbocycles. The van der Waals surface area contributed by atoms with Gasteiger partial charge in [-0.2, -0.15) is 0 Å². The Morgan fingerprint density at radius 1 is 1.42 bits per heavy atom. The average molecular weight is 240 g/mol. The van der Waals surface area contributed by atoms with E-state index < -0.39 is 13.1 Å². The van der Waals surface area contributed by atoms with Crippen molar-refractivity contribution in [2.24, 2.45) is 0 Å². The summed E-state index contributed by atoms with van der Waals surface area (Å²) in [4.78, 5) is 3.57. The number of nitrogens with zero attached hydrogens (tertiary/aromatic N) is 1. The maximum absolute atomic E-state index is 12.1. The molecule has 0 spiro atoms. The molecule has 0 N–H and O–H groups in total. The number of rotatable bonds is 2. The highest BCUT2D eigenvalue weighted by Gasteiger charge is 2.12. The minimum absolute atomic E-state index is 0.00708. The Labute approximate surface area is 75.7 Å². The van der Waals surface area contributed by atoms with E-state index in [0.717, 1.165) is 6.07 Å². The maximum Gasteiger partial charge on any atom is 0.266 e. The summed E-state index contributed by atoms with van der Waals surface area (Å²) in [5.74, 6) is 0. The third-order valence-corrected chi connectivity index (χ3v) is 1.94. The van der Waals surface area contributed by atoms with E-state index in [1.807, 2.05) is 0 Å². The standard InChI is InChI=1S/C7H5BrF3N/c8-6-5(7(10)11)2-1-4(3-9)12-6/h1-2,7H,3H2. The monoisotopic (exact) mass is 239 g/mol. The van der Waals surface area contributed by atoms with Crippen LogP contribution in [0.1, 0.15) is 17.7 Å². The fourth-order valence-corrected chi connectivity index (χ4v) is 1.25. The molecule has 0 saturated carbocycles. The van der Waals surface area contributed by atoms with E-state index in [-0.39, 0.29) is 15.9 Å². The molecule has 0 aliphatic rings. The Bertz CT molecular complexity index is 277. The van der Waals surface area contributed by atoms with Crippen molar-refractivity contribution in [3.63, 3.8) is 0 Å². The second kappa shape index (κ2) is 3.89. The molecule has 0 aliphatic carbocycles. The van der Waals surface area contributed by atoms with Crippen molar-refractivity contribution in [3.05, 3.63) is 28.0 Å². The molecule has 5 heteroatoms. The summed E-state index contributed by atoms with van der Waals surface area (Å²) in [5.41, 5.74) is -0.0709. The number of alkyl halides is 3. The largest absolute Gasteiger partial charge is 0.266 e. The number of hydrogen-bond acceptors (Lipinski definition) is 1. The van der Waals surface area contributed by atoms with Gasteiger partial charge in [0, 0.05) is 0 Å². The van der Waals surface area contributed by atoms with Crippen LogP contribution in [0, 0.1) is 0 Å². The SMILES string of the molecule is FCc1ccc(C(F)F)c(Br)n1. The smallest absolute Gasteiger partial charge is 0.244 e. The molecule has 0 fully saturated rings. The third kappa shape index (κ3) is 1.97. The van der Waals surface area contributed by atoms with Crippen molar-refractivity contribution in [2.45, 2.75) is 13.1 Å². The normalized spacial score (nSPS) is 10.8. The van der Waals surface area contributed by atoms with Gasteiger partial charge in [-0.1, -0.05) is 0 Å². The Hall–Kier alpha value is -0.580. The van der Waals surface area contributed by atoms with Crippen molar-refractivity contribution < 1.29 is 13.2 Å². The van der Waals surface area contributed by atoms with Crippen LogP contribution in [0.2, 0.25) is 0 Å². The third-order valence-electron chi connectivity index (χ3n) is 1.31. The number of aromatic nitrogens is 1. The number of halogens is 4. The van der Waals surface area contributed by atoms with E-state index in [4.69, 9.17) is 0 Å². The van der Waals surface area contributed by atoms with E-state index in [1.54, 1.807) is 0 Å². The molecule has 0 radical (unpaired) electrons. The first kappa shape index (κ1) is 9.51. The Morgan fingerprint density at radius 3 is 2.50 bits per heavy atom. The average Bonchev–Trinajstić information content (AvgIpc) is 2.03. The van der Waals surface area contributed by atoms with Gasteiger partial charge >= 0.3 is 0 Å². The van der Waals surface area contributed by atoms with Crippen LogP contribution in [0.3, 0.4) is 0 Å². The molecule has 0 atom stereocenters. The summed E-state index contributed by atoms with van der Waals surface area (Å²) < 4.78 is 36.2. The first-order chi connectivity index (χ1) is 5.65. The molecule has 1 heterocycles. The van der Waals surface area contributed by atoms with E-state index in [0.29, 0.717) is 0 Å². The van der Waals surface area contributed by atoms with Gasteiger partial charge in [-0.3, -0.25) is 0 Å². The molecule has 1 aromatic heterocycles. The second-order valence-corrected chi connectivity index (χ2v) is 2.87. The van der Waals surface area contributed by atoms with Crippen LogP contribution < -0.4 is 0 Å². The van der Waals surface area contributed by atoms with Crippen molar-refractivity contribution in [1.29, 1.82) is 0 Å². The first-order valence-corrected chi connectivity index (χ1v) is 3.94. The predicted molar refractivity (Wildman–Crippen MR) is 41.7 cm³/mol. The number of hydrogen-bond donors (Lipinski definition) is 0. The van der Waals surface area contributed by atoms with Gasteiger partial charge < -0.3 is 0 Å². The van der Waals surface area contributed by atoms with Gasteiger partial charge in [-0.05, 0) is 28.1 Å². The maximum atomic E-state index is 12.1. The molecule has 66 valence electrons. The topological polar surface area (TPSA) is 12.9 Å². The summed E-state index contributed by atoms with van der Waals surface area (Å²) in [7, 11) is 0. The molecule has 1 rings (SSSR count). The molecule has 0 unspecified atom stereocenters. The lowest BCUT2D eigenvalue weighted by Crippen LogP contribution is -1.93. The van der Waals surface area contributed by atoms with Crippen LogP contribution >= 0.6 is 15.9 Å². The zero-order valence-corrected chi connectivity index (χ0v) is 7.48. The van der Waals surface area contributed by atoms with Crippen molar-refractivity contribution in [1.82, 2.24) is 4.98 Å². The van der Waals surface area contributed by atoms with Gasteiger partial charge in [0.25, 0.3) is 6.43 Å². The summed E-state index contributed by atoms with van der Waals surface area (Å²) in [6.07, 6.45) is -2.58. The second-order valence-electron chi connectivity index (χ2n) is 2.12. The highest BCUT2D eigenvalue weighted by molar-refractivity contribution is 9.10. The predicted octanol–water partition coefficient (Wildman–Crippen LogP) is 3.25. The van der Waals surface area contributed by atoms with Gasteiger partial charge in [0.05, 0.1) is 11.3 Å². The molecule has 0 amide bonds. The van der Waals surface area contributed by atoms with E-state index in [2.05, 4.69) is 20.9 Å². The summed E-state index contributed by atoms with van der Waals surface area (Å²) in [6, 6.07) is 2.41. The van der Waals surface area contributed by atoms with E-state index in [9.17, 15) is 13.2 Å². The molecule has 0 saturated heterocycles. The van der Waals surface area contributed by atoms with Crippen LogP contribution in [0.25, 0.3) is 0 Å². The Morgan fingerprint density at radius 2 is 2.08 bits per heavy atom. The van der Waals surface area contributed by atoms with Crippen LogP contribution in [0.15, 0.2) is 16.7 Å². The van der Waals surface area contributed by atoms with Crippen LogP contribution in [-0.2, 0) is 6.67 Å². The number of pyridine rings is 1. The fourth-order valence-electron chi connectivity index (χ4n) is 0.720. The van der Waals surface area contributed by atoms with Crippen LogP contribution in [0.5, 0.6) is 0 Å². The molecular weight excluding hydrogens is 235 g/mol. The lowest BCUT2D eigenvalue weighted by Gasteiger charge is -2.02. The quantitative estimate of drug-likeness (QED) is 0.723. The van der Waals surface area contributed by atoms with Crippen molar-refractivity contribution in [2.75, 3.05) is 0 Å². The molecule has 12 heavy (non-hydrogen) atoms. The Balaban J connectivity index is 3.03. The minimum atomic E-state index is -2.58. The lowest BCUT2D eigenvalue weighted by atomic mass is 10.2. The van der Waals surface area contributed by atoms with E-state index >= 15 is 0 Å². The van der Waals surface area contributed by atoms with Gasteiger partial charge in [0.1, 0.15) is 11.3 Å². The molecule has 1 aromatic rings. The van der Waals surface area contributed by atoms with Gasteiger partial charge in [0.15, 0.2) is 0 Å².